The number of ketones is 1. The second kappa shape index (κ2) is 8.91. The lowest BCUT2D eigenvalue weighted by molar-refractivity contribution is -0.123. The summed E-state index contributed by atoms with van der Waals surface area (Å²) in [4.78, 5) is 24.3. The van der Waals surface area contributed by atoms with E-state index in [4.69, 9.17) is 5.73 Å². The van der Waals surface area contributed by atoms with Gasteiger partial charge in [0.05, 0.1) is 5.56 Å². The number of Topliss-reactive ketones (excluding diaryl/α,β-unsaturated/α-hetero) is 1. The SMILES string of the molecule is Cl.NC1CC2CCCC(C1)C2NC(=O)CCC(=O)c1ccc(F)cc1F. The van der Waals surface area contributed by atoms with Crippen LogP contribution in [0, 0.1) is 23.5 Å². The summed E-state index contributed by atoms with van der Waals surface area (Å²) in [5.41, 5.74) is 5.91. The van der Waals surface area contributed by atoms with Gasteiger partial charge in [-0.15, -0.1) is 12.4 Å². The Balaban J connectivity index is 0.00000243. The van der Waals surface area contributed by atoms with Crippen LogP contribution in [-0.2, 0) is 4.79 Å². The fraction of sp³-hybridized carbons (Fsp3) is 0.579. The molecule has 0 heterocycles. The molecule has 0 aromatic heterocycles. The summed E-state index contributed by atoms with van der Waals surface area (Å²) in [7, 11) is 0. The van der Waals surface area contributed by atoms with Gasteiger partial charge in [0.25, 0.3) is 0 Å². The van der Waals surface area contributed by atoms with Crippen LogP contribution in [0.15, 0.2) is 18.2 Å². The molecule has 1 aromatic carbocycles. The Kier molecular flexibility index (Phi) is 7.12. The molecule has 144 valence electrons. The van der Waals surface area contributed by atoms with Crippen molar-refractivity contribution in [2.45, 2.75) is 57.0 Å². The van der Waals surface area contributed by atoms with Gasteiger partial charge in [-0.25, -0.2) is 8.78 Å². The highest BCUT2D eigenvalue weighted by Crippen LogP contribution is 2.39. The van der Waals surface area contributed by atoms with E-state index in [2.05, 4.69) is 5.32 Å². The minimum atomic E-state index is -0.888. The van der Waals surface area contributed by atoms with Crippen molar-refractivity contribution in [2.24, 2.45) is 17.6 Å². The minimum absolute atomic E-state index is 0. The van der Waals surface area contributed by atoms with Gasteiger partial charge < -0.3 is 11.1 Å². The molecule has 1 aromatic rings. The maximum absolute atomic E-state index is 13.6. The second-order valence-corrected chi connectivity index (χ2v) is 7.32. The topological polar surface area (TPSA) is 72.2 Å². The van der Waals surface area contributed by atoms with Gasteiger partial charge in [-0.1, -0.05) is 6.42 Å². The quantitative estimate of drug-likeness (QED) is 0.762. The number of benzene rings is 1. The maximum atomic E-state index is 13.6. The lowest BCUT2D eigenvalue weighted by Crippen LogP contribution is -2.53. The van der Waals surface area contributed by atoms with Crippen molar-refractivity contribution in [3.05, 3.63) is 35.4 Å². The number of rotatable bonds is 5. The summed E-state index contributed by atoms with van der Waals surface area (Å²) >= 11 is 0. The van der Waals surface area contributed by atoms with E-state index in [1.165, 1.54) is 6.42 Å². The molecule has 0 aliphatic heterocycles. The summed E-state index contributed by atoms with van der Waals surface area (Å²) < 4.78 is 26.5. The number of carbonyl (C=O) groups excluding carboxylic acids is 2. The molecule has 2 bridgehead atoms. The van der Waals surface area contributed by atoms with Gasteiger partial charge in [-0.2, -0.15) is 0 Å². The van der Waals surface area contributed by atoms with Crippen LogP contribution < -0.4 is 11.1 Å². The van der Waals surface area contributed by atoms with E-state index >= 15 is 0 Å². The van der Waals surface area contributed by atoms with E-state index in [0.29, 0.717) is 17.9 Å². The highest BCUT2D eigenvalue weighted by molar-refractivity contribution is 5.98. The smallest absolute Gasteiger partial charge is 0.220 e. The molecule has 7 heteroatoms. The first-order chi connectivity index (χ1) is 11.9. The summed E-state index contributed by atoms with van der Waals surface area (Å²) in [5, 5.41) is 3.07. The molecule has 2 unspecified atom stereocenters. The average Bonchev–Trinajstić information content (AvgIpc) is 2.53. The first-order valence-electron chi connectivity index (χ1n) is 8.97. The van der Waals surface area contributed by atoms with Gasteiger partial charge in [-0.3, -0.25) is 9.59 Å². The third kappa shape index (κ3) is 4.80. The molecule has 2 fully saturated rings. The van der Waals surface area contributed by atoms with Crippen molar-refractivity contribution in [2.75, 3.05) is 0 Å². The number of nitrogens with one attached hydrogen (secondary N) is 1. The van der Waals surface area contributed by atoms with E-state index in [1.807, 2.05) is 0 Å². The van der Waals surface area contributed by atoms with Crippen molar-refractivity contribution in [1.29, 1.82) is 0 Å². The van der Waals surface area contributed by atoms with Crippen LogP contribution in [-0.4, -0.2) is 23.8 Å². The van der Waals surface area contributed by atoms with Gasteiger partial charge in [0.2, 0.25) is 5.91 Å². The minimum Gasteiger partial charge on any atom is -0.353 e. The van der Waals surface area contributed by atoms with Crippen molar-refractivity contribution < 1.29 is 18.4 Å². The molecule has 0 saturated heterocycles. The van der Waals surface area contributed by atoms with Crippen LogP contribution in [0.25, 0.3) is 0 Å². The molecule has 2 aliphatic rings. The van der Waals surface area contributed by atoms with E-state index in [9.17, 15) is 18.4 Å². The van der Waals surface area contributed by atoms with Gasteiger partial charge in [0, 0.05) is 31.0 Å². The summed E-state index contributed by atoms with van der Waals surface area (Å²) in [6.45, 7) is 0. The fourth-order valence-corrected chi connectivity index (χ4v) is 4.36. The lowest BCUT2D eigenvalue weighted by Gasteiger charge is -2.45. The number of hydrogen-bond donors (Lipinski definition) is 2. The van der Waals surface area contributed by atoms with Crippen molar-refractivity contribution in [3.8, 4) is 0 Å². The zero-order chi connectivity index (χ0) is 18.0. The summed E-state index contributed by atoms with van der Waals surface area (Å²) in [6, 6.07) is 3.20. The van der Waals surface area contributed by atoms with E-state index in [1.54, 1.807) is 0 Å². The van der Waals surface area contributed by atoms with Crippen molar-refractivity contribution in [1.82, 2.24) is 5.32 Å². The summed E-state index contributed by atoms with van der Waals surface area (Å²) in [6.07, 6.45) is 5.12. The number of fused-ring (bicyclic) bond motifs is 2. The highest BCUT2D eigenvalue weighted by atomic mass is 35.5. The number of carbonyl (C=O) groups is 2. The Bertz CT molecular complexity index is 657. The first kappa shape index (κ1) is 20.8. The predicted molar refractivity (Wildman–Crippen MR) is 97.1 cm³/mol. The standard InChI is InChI=1S/C19H24F2N2O2.ClH/c20-13-4-5-15(16(21)10-13)17(24)6-7-18(25)23-19-11-2-1-3-12(19)9-14(22)8-11;/h4-5,10-12,14,19H,1-3,6-9,22H2,(H,23,25);1H. The Morgan fingerprint density at radius 3 is 2.38 bits per heavy atom. The molecular weight excluding hydrogens is 362 g/mol. The maximum Gasteiger partial charge on any atom is 0.220 e. The number of nitrogens with two attached hydrogens (primary N) is 1. The van der Waals surface area contributed by atoms with Crippen molar-refractivity contribution >= 4 is 24.1 Å². The third-order valence-electron chi connectivity index (χ3n) is 5.51. The van der Waals surface area contributed by atoms with Gasteiger partial charge >= 0.3 is 0 Å². The van der Waals surface area contributed by atoms with Crippen LogP contribution in [0.3, 0.4) is 0 Å². The Morgan fingerprint density at radius 1 is 1.12 bits per heavy atom. The Labute approximate surface area is 158 Å². The van der Waals surface area contributed by atoms with Crippen LogP contribution in [0.4, 0.5) is 8.78 Å². The molecule has 4 nitrogen and oxygen atoms in total. The lowest BCUT2D eigenvalue weighted by atomic mass is 9.67. The van der Waals surface area contributed by atoms with E-state index in [0.717, 1.165) is 37.8 Å². The predicted octanol–water partition coefficient (Wildman–Crippen LogP) is 3.37. The third-order valence-corrected chi connectivity index (χ3v) is 5.51. The van der Waals surface area contributed by atoms with Gasteiger partial charge in [0.1, 0.15) is 11.6 Å². The zero-order valence-electron chi connectivity index (χ0n) is 14.5. The number of amides is 1. The monoisotopic (exact) mass is 386 g/mol. The van der Waals surface area contributed by atoms with Crippen LogP contribution in [0.1, 0.15) is 55.3 Å². The molecule has 3 rings (SSSR count). The molecule has 0 radical (unpaired) electrons. The van der Waals surface area contributed by atoms with E-state index < -0.39 is 17.4 Å². The zero-order valence-corrected chi connectivity index (χ0v) is 15.4. The van der Waals surface area contributed by atoms with Crippen LogP contribution >= 0.6 is 12.4 Å². The largest absolute Gasteiger partial charge is 0.353 e. The first-order valence-corrected chi connectivity index (χ1v) is 8.97. The van der Waals surface area contributed by atoms with Gasteiger partial charge in [-0.05, 0) is 49.7 Å². The molecule has 2 atom stereocenters. The molecule has 2 aliphatic carbocycles. The molecule has 3 N–H and O–H groups in total. The number of halogens is 3. The Hall–Kier alpha value is -1.53. The second-order valence-electron chi connectivity index (χ2n) is 7.32. The molecular formula is C19H25ClF2N2O2. The van der Waals surface area contributed by atoms with Crippen molar-refractivity contribution in [3.63, 3.8) is 0 Å². The van der Waals surface area contributed by atoms with Gasteiger partial charge in [0.15, 0.2) is 5.78 Å². The van der Waals surface area contributed by atoms with Crippen LogP contribution in [0.2, 0.25) is 0 Å². The Morgan fingerprint density at radius 2 is 1.77 bits per heavy atom. The summed E-state index contributed by atoms with van der Waals surface area (Å²) in [5.74, 6) is -1.46. The molecule has 2 saturated carbocycles. The average molecular weight is 387 g/mol. The molecule has 26 heavy (non-hydrogen) atoms. The number of hydrogen-bond acceptors (Lipinski definition) is 3. The normalized spacial score (nSPS) is 27.3. The fourth-order valence-electron chi connectivity index (χ4n) is 4.36. The molecule has 0 spiro atoms. The van der Waals surface area contributed by atoms with Crippen LogP contribution in [0.5, 0.6) is 0 Å². The molecule has 1 amide bonds. The van der Waals surface area contributed by atoms with E-state index in [-0.39, 0.29) is 48.8 Å². The highest BCUT2D eigenvalue weighted by Gasteiger charge is 2.39.